The number of nitrogens with one attached hydrogen (secondary N) is 1. The molecule has 0 bridgehead atoms. The first-order valence-corrected chi connectivity index (χ1v) is 9.83. The first-order valence-electron chi connectivity index (χ1n) is 9.83. The number of benzene rings is 2. The number of carbonyl (C=O) groups excluding carboxylic acids is 1. The number of ether oxygens (including phenoxy) is 1. The maximum atomic E-state index is 12.5. The Labute approximate surface area is 164 Å². The molecule has 0 saturated heterocycles. The highest BCUT2D eigenvalue weighted by Crippen LogP contribution is 2.23. The van der Waals surface area contributed by atoms with Crippen LogP contribution in [0, 0.1) is 5.41 Å². The highest BCUT2D eigenvalue weighted by molar-refractivity contribution is 5.76. The third kappa shape index (κ3) is 7.96. The Morgan fingerprint density at radius 3 is 2.07 bits per heavy atom. The molecule has 1 amide bonds. The standard InChI is InChI=1S/C24H33NO2/c1-19(27-18-21-13-9-6-10-14-21)15-16-23(26)25-22(24(2,3)4)17-20-11-7-5-8-12-20/h5-14,19,22H,15-18H2,1-4H3,(H,25,26). The van der Waals surface area contributed by atoms with E-state index in [1.54, 1.807) is 0 Å². The number of rotatable bonds is 9. The van der Waals surface area contributed by atoms with Crippen molar-refractivity contribution in [2.24, 2.45) is 5.41 Å². The van der Waals surface area contributed by atoms with E-state index < -0.39 is 0 Å². The van der Waals surface area contributed by atoms with Gasteiger partial charge in [-0.3, -0.25) is 4.79 Å². The summed E-state index contributed by atoms with van der Waals surface area (Å²) in [4.78, 5) is 12.5. The molecule has 2 rings (SSSR count). The lowest BCUT2D eigenvalue weighted by molar-refractivity contribution is -0.123. The molecule has 2 atom stereocenters. The summed E-state index contributed by atoms with van der Waals surface area (Å²) in [7, 11) is 0. The molecular weight excluding hydrogens is 334 g/mol. The molecule has 0 aliphatic heterocycles. The van der Waals surface area contributed by atoms with Crippen LogP contribution in [0.1, 0.15) is 51.7 Å². The van der Waals surface area contributed by atoms with E-state index in [9.17, 15) is 4.79 Å². The molecule has 0 spiro atoms. The van der Waals surface area contributed by atoms with Gasteiger partial charge in [-0.15, -0.1) is 0 Å². The van der Waals surface area contributed by atoms with Gasteiger partial charge in [-0.05, 0) is 36.3 Å². The Morgan fingerprint density at radius 2 is 1.52 bits per heavy atom. The van der Waals surface area contributed by atoms with Gasteiger partial charge in [-0.25, -0.2) is 0 Å². The first kappa shape index (κ1) is 21.2. The van der Waals surface area contributed by atoms with E-state index in [0.717, 1.165) is 18.4 Å². The molecule has 2 aromatic rings. The molecule has 2 unspecified atom stereocenters. The highest BCUT2D eigenvalue weighted by atomic mass is 16.5. The molecule has 0 radical (unpaired) electrons. The molecule has 0 aliphatic rings. The Bertz CT molecular complexity index is 677. The minimum absolute atomic E-state index is 0.000919. The van der Waals surface area contributed by atoms with Crippen LogP contribution in [0.15, 0.2) is 60.7 Å². The van der Waals surface area contributed by atoms with E-state index in [1.165, 1.54) is 5.56 Å². The summed E-state index contributed by atoms with van der Waals surface area (Å²) in [6.07, 6.45) is 2.10. The third-order valence-corrected chi connectivity index (χ3v) is 4.82. The lowest BCUT2D eigenvalue weighted by atomic mass is 9.83. The van der Waals surface area contributed by atoms with Crippen molar-refractivity contribution in [2.45, 2.75) is 65.7 Å². The van der Waals surface area contributed by atoms with Crippen LogP contribution in [-0.2, 0) is 22.6 Å². The molecule has 0 aromatic heterocycles. The average Bonchev–Trinajstić information content (AvgIpc) is 2.65. The van der Waals surface area contributed by atoms with Crippen LogP contribution in [0.5, 0.6) is 0 Å². The average molecular weight is 368 g/mol. The van der Waals surface area contributed by atoms with E-state index in [1.807, 2.05) is 43.3 Å². The van der Waals surface area contributed by atoms with E-state index in [0.29, 0.717) is 13.0 Å². The third-order valence-electron chi connectivity index (χ3n) is 4.82. The van der Waals surface area contributed by atoms with Crippen molar-refractivity contribution < 1.29 is 9.53 Å². The Balaban J connectivity index is 1.79. The molecule has 3 heteroatoms. The zero-order valence-corrected chi connectivity index (χ0v) is 17.1. The maximum absolute atomic E-state index is 12.5. The van der Waals surface area contributed by atoms with Crippen LogP contribution in [-0.4, -0.2) is 18.1 Å². The number of hydrogen-bond donors (Lipinski definition) is 1. The Morgan fingerprint density at radius 1 is 0.963 bits per heavy atom. The van der Waals surface area contributed by atoms with Gasteiger partial charge in [-0.1, -0.05) is 81.4 Å². The zero-order chi connectivity index (χ0) is 19.7. The predicted molar refractivity (Wildman–Crippen MR) is 111 cm³/mol. The van der Waals surface area contributed by atoms with Crippen LogP contribution in [0.4, 0.5) is 0 Å². The minimum atomic E-state index is 0.000919. The van der Waals surface area contributed by atoms with Gasteiger partial charge in [0.05, 0.1) is 12.7 Å². The second kappa shape index (κ2) is 10.3. The van der Waals surface area contributed by atoms with Crippen molar-refractivity contribution in [3.8, 4) is 0 Å². The van der Waals surface area contributed by atoms with Gasteiger partial charge < -0.3 is 10.1 Å². The van der Waals surface area contributed by atoms with E-state index in [-0.39, 0.29) is 23.5 Å². The number of hydrogen-bond acceptors (Lipinski definition) is 2. The van der Waals surface area contributed by atoms with Gasteiger partial charge in [0.2, 0.25) is 5.91 Å². The molecule has 0 heterocycles. The van der Waals surface area contributed by atoms with Crippen molar-refractivity contribution >= 4 is 5.91 Å². The van der Waals surface area contributed by atoms with Crippen molar-refractivity contribution in [3.05, 3.63) is 71.8 Å². The van der Waals surface area contributed by atoms with Gasteiger partial charge in [-0.2, -0.15) is 0 Å². The summed E-state index contributed by atoms with van der Waals surface area (Å²) < 4.78 is 5.87. The first-order chi connectivity index (χ1) is 12.8. The summed E-state index contributed by atoms with van der Waals surface area (Å²) in [6, 6.07) is 20.6. The second-order valence-corrected chi connectivity index (χ2v) is 8.32. The summed E-state index contributed by atoms with van der Waals surface area (Å²) >= 11 is 0. The fourth-order valence-electron chi connectivity index (χ4n) is 2.92. The van der Waals surface area contributed by atoms with Crippen LogP contribution >= 0.6 is 0 Å². The van der Waals surface area contributed by atoms with E-state index in [2.05, 4.69) is 50.4 Å². The maximum Gasteiger partial charge on any atom is 0.220 e. The van der Waals surface area contributed by atoms with Gasteiger partial charge in [0.1, 0.15) is 0 Å². The van der Waals surface area contributed by atoms with E-state index >= 15 is 0 Å². The molecule has 2 aromatic carbocycles. The monoisotopic (exact) mass is 367 g/mol. The molecule has 0 aliphatic carbocycles. The van der Waals surface area contributed by atoms with Gasteiger partial charge in [0.25, 0.3) is 0 Å². The largest absolute Gasteiger partial charge is 0.374 e. The number of carbonyl (C=O) groups is 1. The zero-order valence-electron chi connectivity index (χ0n) is 17.1. The minimum Gasteiger partial charge on any atom is -0.374 e. The Kier molecular flexibility index (Phi) is 8.05. The normalized spacial score (nSPS) is 13.8. The molecule has 1 N–H and O–H groups in total. The molecule has 146 valence electrons. The fourth-order valence-corrected chi connectivity index (χ4v) is 2.92. The molecule has 27 heavy (non-hydrogen) atoms. The van der Waals surface area contributed by atoms with Crippen LogP contribution in [0.3, 0.4) is 0 Å². The SMILES string of the molecule is CC(CCC(=O)NC(Cc1ccccc1)C(C)(C)C)OCc1ccccc1. The molecule has 3 nitrogen and oxygen atoms in total. The lowest BCUT2D eigenvalue weighted by Gasteiger charge is -2.32. The van der Waals surface area contributed by atoms with Crippen molar-refractivity contribution in [3.63, 3.8) is 0 Å². The number of amides is 1. The summed E-state index contributed by atoms with van der Waals surface area (Å²) in [6.45, 7) is 9.13. The molecule has 0 fully saturated rings. The van der Waals surface area contributed by atoms with Crippen molar-refractivity contribution in [2.75, 3.05) is 0 Å². The highest BCUT2D eigenvalue weighted by Gasteiger charge is 2.26. The Hall–Kier alpha value is -2.13. The summed E-state index contributed by atoms with van der Waals surface area (Å²) in [5.74, 6) is 0.0982. The predicted octanol–water partition coefficient (Wildman–Crippen LogP) is 5.15. The second-order valence-electron chi connectivity index (χ2n) is 8.32. The van der Waals surface area contributed by atoms with E-state index in [4.69, 9.17) is 4.74 Å². The summed E-state index contributed by atoms with van der Waals surface area (Å²) in [5, 5.41) is 3.24. The molecular formula is C24H33NO2. The summed E-state index contributed by atoms with van der Waals surface area (Å²) in [5.41, 5.74) is 2.41. The van der Waals surface area contributed by atoms with Crippen LogP contribution in [0.2, 0.25) is 0 Å². The van der Waals surface area contributed by atoms with Gasteiger partial charge >= 0.3 is 0 Å². The quantitative estimate of drug-likeness (QED) is 0.666. The fraction of sp³-hybridized carbons (Fsp3) is 0.458. The smallest absolute Gasteiger partial charge is 0.220 e. The molecule has 0 saturated carbocycles. The van der Waals surface area contributed by atoms with Crippen LogP contribution in [0.25, 0.3) is 0 Å². The van der Waals surface area contributed by atoms with Crippen molar-refractivity contribution in [1.82, 2.24) is 5.32 Å². The van der Waals surface area contributed by atoms with Gasteiger partial charge in [0, 0.05) is 12.5 Å². The van der Waals surface area contributed by atoms with Crippen LogP contribution < -0.4 is 5.32 Å². The van der Waals surface area contributed by atoms with Gasteiger partial charge in [0.15, 0.2) is 0 Å². The topological polar surface area (TPSA) is 38.3 Å². The van der Waals surface area contributed by atoms with Crippen molar-refractivity contribution in [1.29, 1.82) is 0 Å². The lowest BCUT2D eigenvalue weighted by Crippen LogP contribution is -2.45.